The molecule has 2 aliphatic rings. The summed E-state index contributed by atoms with van der Waals surface area (Å²) in [5.74, 6) is 0.685. The lowest BCUT2D eigenvalue weighted by Crippen LogP contribution is -2.34. The van der Waals surface area contributed by atoms with Crippen LogP contribution in [0.4, 0.5) is 13.2 Å². The quantitative estimate of drug-likeness (QED) is 0.877. The van der Waals surface area contributed by atoms with Crippen LogP contribution in [0.15, 0.2) is 4.52 Å². The van der Waals surface area contributed by atoms with Gasteiger partial charge < -0.3 is 10.3 Å². The van der Waals surface area contributed by atoms with Crippen molar-refractivity contribution >= 4 is 0 Å². The summed E-state index contributed by atoms with van der Waals surface area (Å²) in [6, 6.07) is 0. The topological polar surface area (TPSA) is 90.7 Å². The van der Waals surface area contributed by atoms with Crippen LogP contribution < -0.4 is 5.73 Å². The molecule has 1 atom stereocenters. The number of aryl methyl sites for hydroxylation is 2. The molecule has 0 aromatic carbocycles. The minimum Gasteiger partial charge on any atom is -0.339 e. The second kappa shape index (κ2) is 6.00. The molecule has 2 aromatic heterocycles. The Morgan fingerprint density at radius 3 is 2.58 bits per heavy atom. The van der Waals surface area contributed by atoms with Gasteiger partial charge in [-0.3, -0.25) is 0 Å². The van der Waals surface area contributed by atoms with Gasteiger partial charge in [0.05, 0.1) is 5.54 Å². The van der Waals surface area contributed by atoms with Gasteiger partial charge in [0.25, 0.3) is 0 Å². The van der Waals surface area contributed by atoms with Gasteiger partial charge in [-0.2, -0.15) is 18.2 Å². The molecule has 1 saturated carbocycles. The van der Waals surface area contributed by atoms with Crippen LogP contribution in [0.2, 0.25) is 0 Å². The van der Waals surface area contributed by atoms with Crippen molar-refractivity contribution in [2.24, 2.45) is 5.73 Å². The van der Waals surface area contributed by atoms with Crippen LogP contribution in [0.25, 0.3) is 0 Å². The summed E-state index contributed by atoms with van der Waals surface area (Å²) < 4.78 is 45.5. The summed E-state index contributed by atoms with van der Waals surface area (Å²) in [5, 5.41) is 4.02. The number of hydrogen-bond acceptors (Lipinski definition) is 6. The molecular formula is C17H20F3N5O. The number of aromatic nitrogens is 4. The third kappa shape index (κ3) is 2.98. The molecule has 1 fully saturated rings. The first kappa shape index (κ1) is 17.4. The SMILES string of the molecule is Cc1nc2c(c(C(F)(F)F)n1)CC(c1nc(C3(N)CCCC3)no1)CC2. The summed E-state index contributed by atoms with van der Waals surface area (Å²) in [4.78, 5) is 12.3. The van der Waals surface area contributed by atoms with Crippen LogP contribution in [0.5, 0.6) is 0 Å². The van der Waals surface area contributed by atoms with Crippen LogP contribution in [-0.2, 0) is 24.6 Å². The number of hydrogen-bond donors (Lipinski definition) is 1. The maximum absolute atomic E-state index is 13.4. The minimum atomic E-state index is -4.51. The van der Waals surface area contributed by atoms with Crippen molar-refractivity contribution < 1.29 is 17.7 Å². The molecule has 140 valence electrons. The number of nitrogens with zero attached hydrogens (tertiary/aromatic N) is 4. The maximum atomic E-state index is 13.4. The zero-order valence-electron chi connectivity index (χ0n) is 14.4. The Hall–Kier alpha value is -2.03. The number of halogens is 3. The predicted molar refractivity (Wildman–Crippen MR) is 85.2 cm³/mol. The van der Waals surface area contributed by atoms with Crippen molar-refractivity contribution in [2.45, 2.75) is 69.5 Å². The second-order valence-electron chi connectivity index (χ2n) is 7.30. The average Bonchev–Trinajstić information content (AvgIpc) is 3.23. The molecular weight excluding hydrogens is 347 g/mol. The highest BCUT2D eigenvalue weighted by Crippen LogP contribution is 2.40. The van der Waals surface area contributed by atoms with Gasteiger partial charge in [-0.1, -0.05) is 18.0 Å². The van der Waals surface area contributed by atoms with Gasteiger partial charge in [-0.05, 0) is 39.0 Å². The van der Waals surface area contributed by atoms with Crippen molar-refractivity contribution in [3.05, 3.63) is 34.5 Å². The number of rotatable bonds is 2. The molecule has 0 aliphatic heterocycles. The van der Waals surface area contributed by atoms with Crippen LogP contribution in [0, 0.1) is 6.92 Å². The predicted octanol–water partition coefficient (Wildman–Crippen LogP) is 3.19. The highest BCUT2D eigenvalue weighted by atomic mass is 19.4. The highest BCUT2D eigenvalue weighted by Gasteiger charge is 2.41. The van der Waals surface area contributed by atoms with Gasteiger partial charge in [-0.15, -0.1) is 0 Å². The lowest BCUT2D eigenvalue weighted by molar-refractivity contribution is -0.142. The smallest absolute Gasteiger partial charge is 0.339 e. The van der Waals surface area contributed by atoms with Crippen LogP contribution in [0.3, 0.4) is 0 Å². The first-order chi connectivity index (χ1) is 12.3. The standard InChI is InChI=1S/C17H20F3N5O/c1-9-22-12-5-4-10(8-11(12)13(23-9)17(18,19)20)14-24-15(25-26-14)16(21)6-2-3-7-16/h10H,2-8,21H2,1H3. The van der Waals surface area contributed by atoms with E-state index in [4.69, 9.17) is 10.3 Å². The first-order valence-electron chi connectivity index (χ1n) is 8.83. The van der Waals surface area contributed by atoms with Gasteiger partial charge in [0.1, 0.15) is 5.82 Å². The van der Waals surface area contributed by atoms with Crippen molar-refractivity contribution in [2.75, 3.05) is 0 Å². The summed E-state index contributed by atoms with van der Waals surface area (Å²) in [7, 11) is 0. The fraction of sp³-hybridized carbons (Fsp3) is 0.647. The molecule has 2 N–H and O–H groups in total. The molecule has 2 heterocycles. The lowest BCUT2D eigenvalue weighted by Gasteiger charge is -2.24. The first-order valence-corrected chi connectivity index (χ1v) is 8.83. The molecule has 0 bridgehead atoms. The van der Waals surface area contributed by atoms with E-state index in [0.717, 1.165) is 25.7 Å². The van der Waals surface area contributed by atoms with Gasteiger partial charge in [0.2, 0.25) is 5.89 Å². The molecule has 0 amide bonds. The van der Waals surface area contributed by atoms with Gasteiger partial charge in [0, 0.05) is 17.2 Å². The van der Waals surface area contributed by atoms with E-state index in [-0.39, 0.29) is 23.7 Å². The molecule has 2 aliphatic carbocycles. The fourth-order valence-corrected chi connectivity index (χ4v) is 4.01. The molecule has 1 unspecified atom stereocenters. The monoisotopic (exact) mass is 367 g/mol. The number of nitrogens with two attached hydrogens (primary N) is 1. The van der Waals surface area contributed by atoms with Crippen molar-refractivity contribution in [1.29, 1.82) is 0 Å². The molecule has 0 saturated heterocycles. The van der Waals surface area contributed by atoms with E-state index < -0.39 is 17.4 Å². The molecule has 2 aromatic rings. The molecule has 9 heteroatoms. The fourth-order valence-electron chi connectivity index (χ4n) is 4.01. The van der Waals surface area contributed by atoms with E-state index in [1.54, 1.807) is 0 Å². The summed E-state index contributed by atoms with van der Waals surface area (Å²) >= 11 is 0. The Morgan fingerprint density at radius 1 is 1.15 bits per heavy atom. The number of alkyl halides is 3. The molecule has 4 rings (SSSR count). The third-order valence-corrected chi connectivity index (χ3v) is 5.39. The molecule has 6 nitrogen and oxygen atoms in total. The second-order valence-corrected chi connectivity index (χ2v) is 7.30. The lowest BCUT2D eigenvalue weighted by atomic mass is 9.85. The minimum absolute atomic E-state index is 0.140. The van der Waals surface area contributed by atoms with Gasteiger partial charge in [0.15, 0.2) is 11.5 Å². The van der Waals surface area contributed by atoms with E-state index in [9.17, 15) is 13.2 Å². The van der Waals surface area contributed by atoms with E-state index in [1.807, 2.05) is 0 Å². The Bertz CT molecular complexity index is 826. The van der Waals surface area contributed by atoms with E-state index in [2.05, 4.69) is 20.1 Å². The summed E-state index contributed by atoms with van der Waals surface area (Å²) in [6.07, 6.45) is 0.299. The number of fused-ring (bicyclic) bond motifs is 1. The van der Waals surface area contributed by atoms with Crippen LogP contribution >= 0.6 is 0 Å². The van der Waals surface area contributed by atoms with E-state index in [0.29, 0.717) is 30.3 Å². The van der Waals surface area contributed by atoms with Crippen molar-refractivity contribution in [3.63, 3.8) is 0 Å². The Balaban J connectivity index is 1.64. The van der Waals surface area contributed by atoms with Crippen molar-refractivity contribution in [1.82, 2.24) is 20.1 Å². The van der Waals surface area contributed by atoms with E-state index >= 15 is 0 Å². The normalized spacial score (nSPS) is 22.4. The Morgan fingerprint density at radius 2 is 1.88 bits per heavy atom. The molecule has 0 radical (unpaired) electrons. The van der Waals surface area contributed by atoms with Crippen molar-refractivity contribution in [3.8, 4) is 0 Å². The van der Waals surface area contributed by atoms with Crippen LogP contribution in [-0.4, -0.2) is 20.1 Å². The Kier molecular flexibility index (Phi) is 4.02. The highest BCUT2D eigenvalue weighted by molar-refractivity contribution is 5.32. The average molecular weight is 367 g/mol. The van der Waals surface area contributed by atoms with Crippen LogP contribution in [0.1, 0.15) is 72.5 Å². The largest absolute Gasteiger partial charge is 0.433 e. The molecule has 0 spiro atoms. The van der Waals surface area contributed by atoms with Gasteiger partial charge in [-0.25, -0.2) is 9.97 Å². The van der Waals surface area contributed by atoms with E-state index in [1.165, 1.54) is 6.92 Å². The zero-order chi connectivity index (χ0) is 18.5. The Labute approximate surface area is 148 Å². The summed E-state index contributed by atoms with van der Waals surface area (Å²) in [5.41, 5.74) is 5.52. The molecule has 26 heavy (non-hydrogen) atoms. The third-order valence-electron chi connectivity index (χ3n) is 5.39. The maximum Gasteiger partial charge on any atom is 0.433 e. The summed E-state index contributed by atoms with van der Waals surface area (Å²) in [6.45, 7) is 1.48. The zero-order valence-corrected chi connectivity index (χ0v) is 14.4. The van der Waals surface area contributed by atoms with Gasteiger partial charge >= 0.3 is 6.18 Å².